The molecule has 0 heterocycles. The normalized spacial score (nSPS) is 7.00. The minimum atomic E-state index is -2.61. The van der Waals surface area contributed by atoms with Crippen molar-refractivity contribution < 1.29 is 78.9 Å². The van der Waals surface area contributed by atoms with Crippen LogP contribution in [0.3, 0.4) is 0 Å². The maximum atomic E-state index is 8.67. The first kappa shape index (κ1) is 23.2. The third-order valence-electron chi connectivity index (χ3n) is 0. The van der Waals surface area contributed by atoms with Gasteiger partial charge in [-0.3, -0.25) is 18.2 Å². The summed E-state index contributed by atoms with van der Waals surface area (Å²) in [6.45, 7) is 0. The zero-order chi connectivity index (χ0) is 7.15. The molecule has 0 amide bonds. The van der Waals surface area contributed by atoms with Gasteiger partial charge in [-0.25, -0.2) is 0 Å². The van der Waals surface area contributed by atoms with Gasteiger partial charge in [-0.2, -0.15) is 8.42 Å². The molecular weight excluding hydrogens is 400 g/mol. The van der Waals surface area contributed by atoms with Crippen LogP contribution in [-0.4, -0.2) is 72.1 Å². The van der Waals surface area contributed by atoms with Gasteiger partial charge >= 0.3 is 45.5 Å². The smallest absolute Gasteiger partial charge is 1.00 e. The summed E-state index contributed by atoms with van der Waals surface area (Å²) < 4.78 is 45.7. The van der Waals surface area contributed by atoms with Crippen molar-refractivity contribution in [1.29, 1.82) is 0 Å². The van der Waals surface area contributed by atoms with Crippen molar-refractivity contribution in [3.05, 3.63) is 0 Å². The maximum Gasteiger partial charge on any atom is 2.00 e. The Balaban J connectivity index is -0.0000000112. The van der Waals surface area contributed by atoms with Crippen molar-refractivity contribution in [2.75, 3.05) is 0 Å². The second kappa shape index (κ2) is 18.1. The molecule has 0 spiro atoms. The van der Waals surface area contributed by atoms with Crippen LogP contribution in [0.15, 0.2) is 0 Å². The van der Waals surface area contributed by atoms with Crippen LogP contribution in [0, 0.1) is 49.4 Å². The molecule has 0 aromatic heterocycles. The molecule has 63 valence electrons. The van der Waals surface area contributed by atoms with Crippen molar-refractivity contribution in [1.82, 2.24) is 0 Å². The Kier molecular flexibility index (Phi) is 42.0. The summed E-state index contributed by atoms with van der Waals surface area (Å²) in [5, 5.41) is 0. The van der Waals surface area contributed by atoms with Crippen molar-refractivity contribution in [2.45, 2.75) is 0 Å². The van der Waals surface area contributed by atoms with Crippen LogP contribution in [0.4, 0.5) is 0 Å². The molecule has 4 N–H and O–H groups in total. The average Bonchev–Trinajstić information content (AvgIpc) is 1.25. The van der Waals surface area contributed by atoms with Gasteiger partial charge in [0.2, 0.25) is 0 Å². The number of rotatable bonds is 0. The average molecular weight is 406 g/mol. The molecule has 1 radical (unpaired) electrons. The van der Waals surface area contributed by atoms with Crippen molar-refractivity contribution >= 4 is 68.2 Å². The van der Waals surface area contributed by atoms with Gasteiger partial charge in [0.1, 0.15) is 0 Å². The van der Waals surface area contributed by atoms with E-state index in [1.54, 1.807) is 0 Å². The summed E-state index contributed by atoms with van der Waals surface area (Å²) in [5.41, 5.74) is 0. The predicted octanol–water partition coefficient (Wildman–Crippen LogP) is -0.794. The first-order valence-electron chi connectivity index (χ1n) is 1.06. The van der Waals surface area contributed by atoms with E-state index in [9.17, 15) is 0 Å². The van der Waals surface area contributed by atoms with Gasteiger partial charge < -0.3 is 2.85 Å². The van der Waals surface area contributed by atoms with Gasteiger partial charge in [0.15, 0.2) is 0 Å². The van der Waals surface area contributed by atoms with E-state index in [1.807, 2.05) is 0 Å². The van der Waals surface area contributed by atoms with E-state index in [2.05, 4.69) is 0 Å². The van der Waals surface area contributed by atoms with E-state index in [0.29, 0.717) is 0 Å². The summed E-state index contributed by atoms with van der Waals surface area (Å²) in [5.74, 6) is 0. The largest absolute Gasteiger partial charge is 2.00 e. The molecule has 0 aliphatic carbocycles. The molecule has 0 fully saturated rings. The van der Waals surface area contributed by atoms with Crippen molar-refractivity contribution in [2.24, 2.45) is 0 Å². The van der Waals surface area contributed by atoms with Crippen molar-refractivity contribution in [3.63, 3.8) is 0 Å². The summed E-state index contributed by atoms with van der Waals surface area (Å²) >= 11 is -5.22. The quantitative estimate of drug-likeness (QED) is 0.310. The Morgan fingerprint density at radius 3 is 0.900 bits per heavy atom. The maximum absolute atomic E-state index is 8.67. The Hall–Kier alpha value is 3.20. The predicted molar refractivity (Wildman–Crippen MR) is 34.8 cm³/mol. The second-order valence-corrected chi connectivity index (χ2v) is 1.38. The fourth-order valence-electron chi connectivity index (χ4n) is 0. The Bertz CT molecular complexity index is 81.5. The van der Waals surface area contributed by atoms with Gasteiger partial charge in [0, 0.05) is 49.4 Å². The third-order valence-corrected chi connectivity index (χ3v) is 0. The standard InChI is InChI=1S/Eu.2H2O3S.Sr.2H/c;2*1-4(2)3;;;/h;2*(H2,1,2,3);;;/q;;;+2;2*-1. The molecule has 0 unspecified atom stereocenters. The Morgan fingerprint density at radius 2 is 0.900 bits per heavy atom. The van der Waals surface area contributed by atoms with Crippen LogP contribution in [-0.2, 0) is 22.7 Å². The molecule has 0 aromatic carbocycles. The zero-order valence-electron chi connectivity index (χ0n) is 6.51. The third kappa shape index (κ3) is 114. The monoisotopic (exact) mass is 407 g/mol. The van der Waals surface area contributed by atoms with E-state index in [-0.39, 0.29) is 97.7 Å². The second-order valence-electron chi connectivity index (χ2n) is 0.461. The molecule has 0 saturated heterocycles. The molecule has 6 nitrogen and oxygen atoms in total. The molecule has 10 heteroatoms. The minimum absolute atomic E-state index is 0. The summed E-state index contributed by atoms with van der Waals surface area (Å²) in [7, 11) is 0. The molecule has 0 aliphatic heterocycles. The van der Waals surface area contributed by atoms with Gasteiger partial charge in [0.05, 0.1) is 0 Å². The van der Waals surface area contributed by atoms with Crippen molar-refractivity contribution in [3.8, 4) is 0 Å². The summed E-state index contributed by atoms with van der Waals surface area (Å²) in [4.78, 5) is 0. The van der Waals surface area contributed by atoms with Crippen LogP contribution in [0.2, 0.25) is 0 Å². The first-order valence-corrected chi connectivity index (χ1v) is 3.19. The first-order chi connectivity index (χ1) is 3.46. The van der Waals surface area contributed by atoms with Crippen LogP contribution >= 0.6 is 0 Å². The Labute approximate surface area is 144 Å². The summed E-state index contributed by atoms with van der Waals surface area (Å²) in [6.07, 6.45) is 0. The van der Waals surface area contributed by atoms with E-state index < -0.39 is 22.7 Å². The minimum Gasteiger partial charge on any atom is -1.00 e. The summed E-state index contributed by atoms with van der Waals surface area (Å²) in [6, 6.07) is 0. The molecular formula is H6EuO6S2Sr. The van der Waals surface area contributed by atoms with Gasteiger partial charge in [0.25, 0.3) is 22.7 Å². The van der Waals surface area contributed by atoms with E-state index in [1.165, 1.54) is 0 Å². The molecule has 0 rings (SSSR count). The zero-order valence-corrected chi connectivity index (χ0v) is 12.0. The molecule has 10 heavy (non-hydrogen) atoms. The molecule has 0 saturated carbocycles. The Morgan fingerprint density at radius 1 is 0.900 bits per heavy atom. The van der Waals surface area contributed by atoms with Crippen LogP contribution in [0.5, 0.6) is 0 Å². The van der Waals surface area contributed by atoms with E-state index in [4.69, 9.17) is 26.6 Å². The topological polar surface area (TPSA) is 115 Å². The van der Waals surface area contributed by atoms with Crippen LogP contribution in [0.25, 0.3) is 0 Å². The van der Waals surface area contributed by atoms with Crippen LogP contribution in [0.1, 0.15) is 2.85 Å². The molecule has 0 bridgehead atoms. The SMILES string of the molecule is O=S(O)O.O=S(O)O.[Eu].[H-].[H-].[Sr+2]. The number of hydrogen-bond donors (Lipinski definition) is 4. The fraction of sp³-hybridized carbons (Fsp3) is 0. The van der Waals surface area contributed by atoms with E-state index >= 15 is 0 Å². The van der Waals surface area contributed by atoms with Gasteiger partial charge in [-0.15, -0.1) is 0 Å². The molecule has 0 aromatic rings. The molecule has 0 atom stereocenters. The van der Waals surface area contributed by atoms with Crippen LogP contribution < -0.4 is 0 Å². The van der Waals surface area contributed by atoms with Gasteiger partial charge in [-0.1, -0.05) is 0 Å². The number of hydrogen-bond acceptors (Lipinski definition) is 2. The van der Waals surface area contributed by atoms with E-state index in [0.717, 1.165) is 0 Å². The fourth-order valence-corrected chi connectivity index (χ4v) is 0. The molecule has 0 aliphatic rings. The van der Waals surface area contributed by atoms with Gasteiger partial charge in [-0.05, 0) is 0 Å².